The third-order valence-corrected chi connectivity index (χ3v) is 2.90. The molecule has 131 valence electrons. The molecule has 1 radical (unpaired) electrons. The molecule has 0 saturated heterocycles. The molecule has 0 aliphatic rings. The lowest BCUT2D eigenvalue weighted by atomic mass is 9.90. The molecule has 0 atom stereocenters. The fourth-order valence-corrected chi connectivity index (χ4v) is 1.84. The van der Waals surface area contributed by atoms with E-state index in [0.29, 0.717) is 12.5 Å². The van der Waals surface area contributed by atoms with E-state index in [4.69, 9.17) is 0 Å². The number of hydrogen-bond acceptors (Lipinski definition) is 0. The van der Waals surface area contributed by atoms with Gasteiger partial charge in [0.25, 0.3) is 0 Å². The first-order valence-electron chi connectivity index (χ1n) is 6.04. The first kappa shape index (κ1) is 19.6. The molecule has 0 bridgehead atoms. The first-order chi connectivity index (χ1) is 10.2. The molecule has 0 aliphatic heterocycles. The summed E-state index contributed by atoms with van der Waals surface area (Å²) in [6.45, 7) is 1.19. The van der Waals surface area contributed by atoms with Gasteiger partial charge in [-0.25, -0.2) is 0 Å². The minimum atomic E-state index is -6.14. The molecule has 0 saturated carbocycles. The smallest absolute Gasteiger partial charge is 0.191 e. The number of hydrogen-bond donors (Lipinski definition) is 0. The Labute approximate surface area is 124 Å². The zero-order valence-electron chi connectivity index (χ0n) is 11.3. The lowest BCUT2D eigenvalue weighted by Gasteiger charge is -2.27. The second kappa shape index (κ2) is 5.86. The molecule has 0 amide bonds. The summed E-state index contributed by atoms with van der Waals surface area (Å²) in [6, 6.07) is 0.646. The predicted molar refractivity (Wildman–Crippen MR) is 60.0 cm³/mol. The number of benzene rings is 1. The maximum atomic E-state index is 13.4. The molecule has 0 nitrogen and oxygen atoms in total. The SMILES string of the molecule is CC[CH]c1c(C(F)(F)C(F)(F)F)cccc1C(F)(F)C(F)(F)F. The van der Waals surface area contributed by atoms with E-state index >= 15 is 0 Å². The average Bonchev–Trinajstić information content (AvgIpc) is 2.36. The molecular formula is C13H9F10. The Morgan fingerprint density at radius 2 is 1.09 bits per heavy atom. The molecule has 10 heteroatoms. The van der Waals surface area contributed by atoms with Crippen molar-refractivity contribution in [1.82, 2.24) is 0 Å². The monoisotopic (exact) mass is 355 g/mol. The summed E-state index contributed by atoms with van der Waals surface area (Å²) in [5.74, 6) is -11.2. The van der Waals surface area contributed by atoms with Crippen LogP contribution >= 0.6 is 0 Å². The van der Waals surface area contributed by atoms with E-state index in [1.165, 1.54) is 6.92 Å². The number of alkyl halides is 10. The average molecular weight is 355 g/mol. The molecule has 1 rings (SSSR count). The maximum Gasteiger partial charge on any atom is 0.458 e. The van der Waals surface area contributed by atoms with Gasteiger partial charge >= 0.3 is 24.2 Å². The van der Waals surface area contributed by atoms with Crippen LogP contribution in [-0.2, 0) is 11.8 Å². The van der Waals surface area contributed by atoms with Crippen molar-refractivity contribution in [3.63, 3.8) is 0 Å². The molecule has 0 aromatic heterocycles. The van der Waals surface area contributed by atoms with E-state index in [2.05, 4.69) is 0 Å². The van der Waals surface area contributed by atoms with Gasteiger partial charge < -0.3 is 0 Å². The summed E-state index contributed by atoms with van der Waals surface area (Å²) in [5, 5.41) is 0. The largest absolute Gasteiger partial charge is 0.458 e. The van der Waals surface area contributed by atoms with Crippen LogP contribution in [0.1, 0.15) is 30.0 Å². The Bertz CT molecular complexity index is 509. The maximum absolute atomic E-state index is 13.4. The lowest BCUT2D eigenvalue weighted by Crippen LogP contribution is -2.38. The minimum absolute atomic E-state index is 0.172. The van der Waals surface area contributed by atoms with Crippen molar-refractivity contribution in [3.8, 4) is 0 Å². The van der Waals surface area contributed by atoms with Crippen molar-refractivity contribution in [2.45, 2.75) is 37.5 Å². The standard InChI is InChI=1S/C13H9F10/c1-2-4-7-8(10(14,15)12(18,19)20)5-3-6-9(7)11(16,17)13(21,22)23/h3-6H,2H2,1H3. The van der Waals surface area contributed by atoms with Gasteiger partial charge in [0.1, 0.15) is 0 Å². The van der Waals surface area contributed by atoms with Gasteiger partial charge in [-0.2, -0.15) is 43.9 Å². The van der Waals surface area contributed by atoms with Crippen LogP contribution in [0.15, 0.2) is 18.2 Å². The van der Waals surface area contributed by atoms with Gasteiger partial charge in [-0.1, -0.05) is 25.1 Å². The molecule has 0 heterocycles. The number of halogens is 10. The molecule has 0 spiro atoms. The molecule has 0 N–H and O–H groups in total. The summed E-state index contributed by atoms with van der Waals surface area (Å²) < 4.78 is 128. The zero-order chi connectivity index (χ0) is 18.3. The van der Waals surface area contributed by atoms with Crippen molar-refractivity contribution in [2.75, 3.05) is 0 Å². The van der Waals surface area contributed by atoms with Crippen LogP contribution in [0.2, 0.25) is 0 Å². The highest BCUT2D eigenvalue weighted by Gasteiger charge is 2.63. The Balaban J connectivity index is 3.69. The lowest BCUT2D eigenvalue weighted by molar-refractivity contribution is -0.292. The van der Waals surface area contributed by atoms with Crippen molar-refractivity contribution in [1.29, 1.82) is 0 Å². The van der Waals surface area contributed by atoms with Gasteiger partial charge in [0, 0.05) is 11.1 Å². The normalized spacial score (nSPS) is 14.2. The summed E-state index contributed by atoms with van der Waals surface area (Å²) >= 11 is 0. The van der Waals surface area contributed by atoms with E-state index in [0.717, 1.165) is 0 Å². The van der Waals surface area contributed by atoms with E-state index in [-0.39, 0.29) is 18.6 Å². The second-order valence-electron chi connectivity index (χ2n) is 4.52. The van der Waals surface area contributed by atoms with Crippen LogP contribution in [0.5, 0.6) is 0 Å². The van der Waals surface area contributed by atoms with Crippen molar-refractivity contribution >= 4 is 0 Å². The van der Waals surface area contributed by atoms with Crippen LogP contribution in [0.25, 0.3) is 0 Å². The third-order valence-electron chi connectivity index (χ3n) is 2.90. The van der Waals surface area contributed by atoms with Crippen LogP contribution < -0.4 is 0 Å². The summed E-state index contributed by atoms with van der Waals surface area (Å²) in [4.78, 5) is 0. The quantitative estimate of drug-likeness (QED) is 0.585. The molecule has 0 unspecified atom stereocenters. The molecule has 0 aliphatic carbocycles. The van der Waals surface area contributed by atoms with E-state index < -0.39 is 40.9 Å². The molecule has 23 heavy (non-hydrogen) atoms. The third kappa shape index (κ3) is 3.40. The predicted octanol–water partition coefficient (Wildman–Crippen LogP) is 5.96. The minimum Gasteiger partial charge on any atom is -0.191 e. The summed E-state index contributed by atoms with van der Waals surface area (Å²) in [5.41, 5.74) is -5.37. The van der Waals surface area contributed by atoms with Crippen LogP contribution in [0.4, 0.5) is 43.9 Å². The van der Waals surface area contributed by atoms with Crippen LogP contribution in [0.3, 0.4) is 0 Å². The van der Waals surface area contributed by atoms with Gasteiger partial charge in [-0.3, -0.25) is 0 Å². The highest BCUT2D eigenvalue weighted by molar-refractivity contribution is 5.46. The van der Waals surface area contributed by atoms with Gasteiger partial charge in [0.2, 0.25) is 0 Å². The topological polar surface area (TPSA) is 0 Å². The van der Waals surface area contributed by atoms with Crippen molar-refractivity contribution in [3.05, 3.63) is 41.3 Å². The van der Waals surface area contributed by atoms with E-state index in [1.807, 2.05) is 0 Å². The molecule has 1 aromatic carbocycles. The Morgan fingerprint density at radius 1 is 0.739 bits per heavy atom. The van der Waals surface area contributed by atoms with Crippen molar-refractivity contribution < 1.29 is 43.9 Å². The van der Waals surface area contributed by atoms with Gasteiger partial charge in [-0.15, -0.1) is 0 Å². The Morgan fingerprint density at radius 3 is 1.35 bits per heavy atom. The van der Waals surface area contributed by atoms with E-state index in [9.17, 15) is 43.9 Å². The first-order valence-corrected chi connectivity index (χ1v) is 6.04. The second-order valence-corrected chi connectivity index (χ2v) is 4.52. The fraction of sp³-hybridized carbons (Fsp3) is 0.462. The number of rotatable bonds is 4. The Kier molecular flexibility index (Phi) is 4.99. The van der Waals surface area contributed by atoms with Gasteiger partial charge in [0.05, 0.1) is 0 Å². The van der Waals surface area contributed by atoms with Crippen LogP contribution in [0, 0.1) is 6.42 Å². The molecule has 1 aromatic rings. The Hall–Kier alpha value is -1.48. The fourth-order valence-electron chi connectivity index (χ4n) is 1.84. The van der Waals surface area contributed by atoms with Gasteiger partial charge in [0.15, 0.2) is 0 Å². The highest BCUT2D eigenvalue weighted by Crippen LogP contribution is 2.50. The molecule has 0 fully saturated rings. The zero-order valence-corrected chi connectivity index (χ0v) is 11.3. The molecular weight excluding hydrogens is 346 g/mol. The highest BCUT2D eigenvalue weighted by atomic mass is 19.4. The van der Waals surface area contributed by atoms with E-state index in [1.54, 1.807) is 0 Å². The van der Waals surface area contributed by atoms with Crippen molar-refractivity contribution in [2.24, 2.45) is 0 Å². The summed E-state index contributed by atoms with van der Waals surface area (Å²) in [6.07, 6.45) is -12.1. The van der Waals surface area contributed by atoms with Gasteiger partial charge in [-0.05, 0) is 18.4 Å². The summed E-state index contributed by atoms with van der Waals surface area (Å²) in [7, 11) is 0. The van der Waals surface area contributed by atoms with Crippen LogP contribution in [-0.4, -0.2) is 12.4 Å².